The highest BCUT2D eigenvalue weighted by molar-refractivity contribution is 5.86. The predicted molar refractivity (Wildman–Crippen MR) is 173 cm³/mol. The van der Waals surface area contributed by atoms with Crippen LogP contribution in [0, 0.1) is 5.92 Å². The quantitative estimate of drug-likeness (QED) is 0.544. The molecule has 0 unspecified atom stereocenters. The van der Waals surface area contributed by atoms with Gasteiger partial charge in [-0.25, -0.2) is 4.79 Å². The van der Waals surface area contributed by atoms with Crippen LogP contribution in [0.1, 0.15) is 43.2 Å². The van der Waals surface area contributed by atoms with Crippen molar-refractivity contribution in [3.05, 3.63) is 53.6 Å². The minimum atomic E-state index is -0.442. The summed E-state index contributed by atoms with van der Waals surface area (Å²) >= 11 is 0. The number of likely N-dealkylation sites (tertiary alicyclic amines) is 2. The largest absolute Gasteiger partial charge is 0.493 e. The number of urea groups is 1. The molecular formula is C35H45N5O7. The fourth-order valence-corrected chi connectivity index (χ4v) is 6.71. The lowest BCUT2D eigenvalue weighted by Gasteiger charge is -2.34. The second-order valence-corrected chi connectivity index (χ2v) is 13.2. The Labute approximate surface area is 275 Å². The van der Waals surface area contributed by atoms with Gasteiger partial charge in [0.05, 0.1) is 32.4 Å². The molecule has 7 rings (SSSR count). The SMILES string of the molecule is COc1cc2ccc1Oc1cccc(c1)CO[C@H]1CN(C(=O)C3CCN(C(=O)N(C)C)CC3)C[C@@H]1NC(=O)CN(C1CC1)C(=O)CC2. The van der Waals surface area contributed by atoms with Crippen molar-refractivity contribution in [1.29, 1.82) is 0 Å². The third-order valence-electron chi connectivity index (χ3n) is 9.49. The molecule has 252 valence electrons. The lowest BCUT2D eigenvalue weighted by atomic mass is 9.95. The van der Waals surface area contributed by atoms with Crippen molar-refractivity contribution in [2.75, 3.05) is 53.9 Å². The summed E-state index contributed by atoms with van der Waals surface area (Å²) < 4.78 is 18.2. The van der Waals surface area contributed by atoms with Crippen LogP contribution in [-0.2, 0) is 32.1 Å². The molecule has 2 saturated heterocycles. The minimum absolute atomic E-state index is 0.0200. The van der Waals surface area contributed by atoms with Crippen molar-refractivity contribution in [2.45, 2.75) is 63.3 Å². The summed E-state index contributed by atoms with van der Waals surface area (Å²) in [4.78, 5) is 59.8. The van der Waals surface area contributed by atoms with Crippen LogP contribution in [0.2, 0.25) is 0 Å². The number of piperidine rings is 1. The maximum absolute atomic E-state index is 13.7. The number of rotatable bonds is 3. The molecule has 12 nitrogen and oxygen atoms in total. The smallest absolute Gasteiger partial charge is 0.319 e. The number of fused-ring (bicyclic) bond motifs is 9. The monoisotopic (exact) mass is 647 g/mol. The number of nitrogens with one attached hydrogen (secondary N) is 1. The van der Waals surface area contributed by atoms with E-state index in [1.165, 1.54) is 0 Å². The van der Waals surface area contributed by atoms with Gasteiger partial charge in [0.1, 0.15) is 5.75 Å². The number of amides is 5. The maximum atomic E-state index is 13.7. The van der Waals surface area contributed by atoms with Gasteiger partial charge in [-0.2, -0.15) is 0 Å². The first-order chi connectivity index (χ1) is 22.7. The van der Waals surface area contributed by atoms with Gasteiger partial charge in [0.15, 0.2) is 11.5 Å². The van der Waals surface area contributed by atoms with E-state index in [9.17, 15) is 19.2 Å². The molecule has 2 aromatic rings. The third kappa shape index (κ3) is 7.81. The van der Waals surface area contributed by atoms with Gasteiger partial charge in [0, 0.05) is 58.7 Å². The zero-order valence-corrected chi connectivity index (χ0v) is 27.5. The summed E-state index contributed by atoms with van der Waals surface area (Å²) in [6.07, 6.45) is 3.29. The van der Waals surface area contributed by atoms with E-state index in [4.69, 9.17) is 14.2 Å². The van der Waals surface area contributed by atoms with Crippen LogP contribution in [-0.4, -0.2) is 115 Å². The zero-order chi connectivity index (χ0) is 33.1. The summed E-state index contributed by atoms with van der Waals surface area (Å²) in [5.41, 5.74) is 1.82. The van der Waals surface area contributed by atoms with Crippen molar-refractivity contribution in [2.24, 2.45) is 5.92 Å². The molecule has 4 bridgehead atoms. The predicted octanol–water partition coefficient (Wildman–Crippen LogP) is 3.03. The summed E-state index contributed by atoms with van der Waals surface area (Å²) in [5.74, 6) is 1.26. The van der Waals surface area contributed by atoms with Crippen LogP contribution in [0.5, 0.6) is 17.2 Å². The van der Waals surface area contributed by atoms with Crippen LogP contribution in [0.25, 0.3) is 0 Å². The number of benzene rings is 2. The number of carbonyl (C=O) groups excluding carboxylic acids is 4. The Kier molecular flexibility index (Phi) is 9.86. The highest BCUT2D eigenvalue weighted by Crippen LogP contribution is 2.34. The van der Waals surface area contributed by atoms with Gasteiger partial charge >= 0.3 is 6.03 Å². The molecule has 0 aromatic heterocycles. The summed E-state index contributed by atoms with van der Waals surface area (Å²) in [7, 11) is 5.05. The average molecular weight is 648 g/mol. The van der Waals surface area contributed by atoms with Crippen LogP contribution in [0.4, 0.5) is 4.79 Å². The molecule has 0 radical (unpaired) electrons. The topological polar surface area (TPSA) is 121 Å². The van der Waals surface area contributed by atoms with Gasteiger partial charge in [-0.05, 0) is 67.5 Å². The van der Waals surface area contributed by atoms with Gasteiger partial charge in [-0.3, -0.25) is 14.4 Å². The molecule has 1 aliphatic carbocycles. The van der Waals surface area contributed by atoms with E-state index in [0.717, 1.165) is 24.0 Å². The molecule has 1 saturated carbocycles. The first-order valence-electron chi connectivity index (χ1n) is 16.6. The number of ether oxygens (including phenoxy) is 3. The Bertz CT molecular complexity index is 1490. The third-order valence-corrected chi connectivity index (χ3v) is 9.49. The zero-order valence-electron chi connectivity index (χ0n) is 27.5. The normalized spacial score (nSPS) is 22.8. The standard InChI is InChI=1S/C35H45N5O7/c1-37(2)35(44)38-15-13-25(14-16-38)34(43)39-19-28-31(20-39)46-22-24-5-4-6-27(17-24)47-29-11-7-23(18-30(29)45-3)8-12-33(42)40(26-9-10-26)21-32(41)36-28/h4-7,11,17-18,25-26,28,31H,8-10,12-16,19-22H2,1-3H3,(H,36,41)/t28-,31-/m0/s1. The van der Waals surface area contributed by atoms with Crippen molar-refractivity contribution in [3.63, 3.8) is 0 Å². The van der Waals surface area contributed by atoms with E-state index in [-0.39, 0.29) is 55.3 Å². The summed E-state index contributed by atoms with van der Waals surface area (Å²) in [6, 6.07) is 12.9. The number of carbonyl (C=O) groups is 4. The van der Waals surface area contributed by atoms with Crippen LogP contribution in [0.15, 0.2) is 42.5 Å². The van der Waals surface area contributed by atoms with E-state index in [0.29, 0.717) is 62.7 Å². The van der Waals surface area contributed by atoms with Crippen molar-refractivity contribution in [1.82, 2.24) is 24.9 Å². The Morgan fingerprint density at radius 3 is 2.45 bits per heavy atom. The molecule has 4 heterocycles. The van der Waals surface area contributed by atoms with Crippen molar-refractivity contribution >= 4 is 23.8 Å². The number of hydrogen-bond donors (Lipinski definition) is 1. The summed E-state index contributed by atoms with van der Waals surface area (Å²) in [5, 5.41) is 3.11. The van der Waals surface area contributed by atoms with Crippen LogP contribution < -0.4 is 14.8 Å². The lowest BCUT2D eigenvalue weighted by Crippen LogP contribution is -2.49. The van der Waals surface area contributed by atoms with E-state index >= 15 is 0 Å². The van der Waals surface area contributed by atoms with E-state index in [1.807, 2.05) is 42.5 Å². The average Bonchev–Trinajstić information content (AvgIpc) is 3.84. The fourth-order valence-electron chi connectivity index (χ4n) is 6.71. The Hall–Kier alpha value is -4.32. The highest BCUT2D eigenvalue weighted by Gasteiger charge is 2.41. The van der Waals surface area contributed by atoms with Gasteiger partial charge in [-0.15, -0.1) is 0 Å². The van der Waals surface area contributed by atoms with E-state index in [1.54, 1.807) is 40.8 Å². The first kappa shape index (κ1) is 32.6. The van der Waals surface area contributed by atoms with Crippen LogP contribution >= 0.6 is 0 Å². The number of methoxy groups -OCH3 is 1. The number of nitrogens with zero attached hydrogens (tertiary/aromatic N) is 4. The van der Waals surface area contributed by atoms with Gasteiger partial charge < -0.3 is 39.1 Å². The molecule has 5 amide bonds. The molecule has 5 aliphatic rings. The molecule has 0 spiro atoms. The van der Waals surface area contributed by atoms with Gasteiger partial charge in [0.2, 0.25) is 17.7 Å². The van der Waals surface area contributed by atoms with Crippen LogP contribution in [0.3, 0.4) is 0 Å². The molecule has 47 heavy (non-hydrogen) atoms. The molecule has 1 N–H and O–H groups in total. The van der Waals surface area contributed by atoms with Gasteiger partial charge in [-0.1, -0.05) is 18.2 Å². The Morgan fingerprint density at radius 1 is 0.936 bits per heavy atom. The molecule has 3 fully saturated rings. The second-order valence-electron chi connectivity index (χ2n) is 13.2. The number of hydrogen-bond acceptors (Lipinski definition) is 7. The molecule has 12 heteroatoms. The first-order valence-corrected chi connectivity index (χ1v) is 16.6. The van der Waals surface area contributed by atoms with Gasteiger partial charge in [0.25, 0.3) is 0 Å². The lowest BCUT2D eigenvalue weighted by molar-refractivity contribution is -0.137. The molecule has 4 aliphatic heterocycles. The van der Waals surface area contributed by atoms with E-state index in [2.05, 4.69) is 5.32 Å². The summed E-state index contributed by atoms with van der Waals surface area (Å²) in [6.45, 7) is 1.94. The molecule has 2 aromatic carbocycles. The van der Waals surface area contributed by atoms with Crippen molar-refractivity contribution in [3.8, 4) is 17.2 Å². The van der Waals surface area contributed by atoms with Crippen molar-refractivity contribution < 1.29 is 33.4 Å². The fraction of sp³-hybridized carbons (Fsp3) is 0.543. The molecule has 2 atom stereocenters. The minimum Gasteiger partial charge on any atom is -0.493 e. The Balaban J connectivity index is 1.20. The van der Waals surface area contributed by atoms with E-state index < -0.39 is 12.1 Å². The Morgan fingerprint density at radius 2 is 1.72 bits per heavy atom. The second kappa shape index (κ2) is 14.2. The molecular weight excluding hydrogens is 602 g/mol. The number of aryl methyl sites for hydroxylation is 1. The maximum Gasteiger partial charge on any atom is 0.319 e. The highest BCUT2D eigenvalue weighted by atomic mass is 16.5.